The Hall–Kier alpha value is -0.840. The molecule has 54 valence electrons. The number of rotatable bonds is 3. The van der Waals surface area contributed by atoms with Gasteiger partial charge < -0.3 is 0 Å². The van der Waals surface area contributed by atoms with Crippen molar-refractivity contribution in [2.24, 2.45) is 5.41 Å². The lowest BCUT2D eigenvalue weighted by Gasteiger charge is -2.04. The fourth-order valence-corrected chi connectivity index (χ4v) is 1.34. The van der Waals surface area contributed by atoms with E-state index in [-0.39, 0.29) is 11.2 Å². The first kappa shape index (κ1) is 7.27. The van der Waals surface area contributed by atoms with Crippen LogP contribution in [0.4, 0.5) is 0 Å². The van der Waals surface area contributed by atoms with Crippen molar-refractivity contribution in [2.75, 3.05) is 0 Å². The van der Waals surface area contributed by atoms with Crippen LogP contribution in [0.15, 0.2) is 0 Å². The van der Waals surface area contributed by atoms with E-state index >= 15 is 0 Å². The van der Waals surface area contributed by atoms with E-state index in [0.717, 1.165) is 25.7 Å². The number of carbonyl (C=O) groups excluding carboxylic acids is 1. The zero-order valence-corrected chi connectivity index (χ0v) is 6.18. The highest BCUT2D eigenvalue weighted by Crippen LogP contribution is 2.50. The van der Waals surface area contributed by atoms with Gasteiger partial charge in [0.1, 0.15) is 6.07 Å². The molecule has 0 aliphatic heterocycles. The van der Waals surface area contributed by atoms with E-state index in [1.807, 2.05) is 6.92 Å². The van der Waals surface area contributed by atoms with E-state index in [2.05, 4.69) is 0 Å². The van der Waals surface area contributed by atoms with Gasteiger partial charge in [0.05, 0.1) is 0 Å². The summed E-state index contributed by atoms with van der Waals surface area (Å²) in [5.74, 6) is -0.200. The molecule has 1 aliphatic rings. The summed E-state index contributed by atoms with van der Waals surface area (Å²) in [5.41, 5.74) is -0.191. The van der Waals surface area contributed by atoms with Crippen LogP contribution in [-0.2, 0) is 4.79 Å². The maximum absolute atomic E-state index is 10.9. The predicted octanol–water partition coefficient (Wildman–Crippen LogP) is 1.66. The van der Waals surface area contributed by atoms with Crippen molar-refractivity contribution in [3.8, 4) is 6.07 Å². The topological polar surface area (TPSA) is 40.9 Å². The van der Waals surface area contributed by atoms with Crippen molar-refractivity contribution in [3.63, 3.8) is 0 Å². The molecule has 0 spiro atoms. The number of nitrogens with zero attached hydrogens (tertiary/aromatic N) is 1. The maximum Gasteiger partial charge on any atom is 0.238 e. The molecular formula is C8H11NO. The average molecular weight is 137 g/mol. The first-order valence-electron chi connectivity index (χ1n) is 3.70. The molecule has 0 amide bonds. The van der Waals surface area contributed by atoms with Gasteiger partial charge in [-0.3, -0.25) is 4.79 Å². The summed E-state index contributed by atoms with van der Waals surface area (Å²) in [7, 11) is 0. The van der Waals surface area contributed by atoms with Crippen molar-refractivity contribution < 1.29 is 4.79 Å². The quantitative estimate of drug-likeness (QED) is 0.555. The van der Waals surface area contributed by atoms with Crippen LogP contribution in [0.1, 0.15) is 32.6 Å². The first-order chi connectivity index (χ1) is 4.75. The Bertz CT molecular complexity index is 186. The Kier molecular flexibility index (Phi) is 1.76. The highest BCUT2D eigenvalue weighted by molar-refractivity contribution is 5.99. The van der Waals surface area contributed by atoms with E-state index in [0.29, 0.717) is 0 Å². The second-order valence-electron chi connectivity index (χ2n) is 2.97. The molecule has 2 heteroatoms. The van der Waals surface area contributed by atoms with Gasteiger partial charge in [-0.1, -0.05) is 13.3 Å². The number of hydrogen-bond acceptors (Lipinski definition) is 2. The SMILES string of the molecule is CCCC1(C(=O)C#N)CC1. The first-order valence-corrected chi connectivity index (χ1v) is 3.70. The third-order valence-corrected chi connectivity index (χ3v) is 2.17. The van der Waals surface area contributed by atoms with Gasteiger partial charge in [-0.15, -0.1) is 0 Å². The van der Waals surface area contributed by atoms with Crippen LogP contribution in [0.2, 0.25) is 0 Å². The normalized spacial score (nSPS) is 19.6. The smallest absolute Gasteiger partial charge is 0.238 e. The van der Waals surface area contributed by atoms with E-state index in [4.69, 9.17) is 5.26 Å². The van der Waals surface area contributed by atoms with Crippen LogP contribution in [0.5, 0.6) is 0 Å². The molecule has 0 aromatic heterocycles. The number of ketones is 1. The zero-order valence-electron chi connectivity index (χ0n) is 6.18. The van der Waals surface area contributed by atoms with Crippen LogP contribution in [0.25, 0.3) is 0 Å². The molecule has 0 saturated heterocycles. The molecular weight excluding hydrogens is 126 g/mol. The van der Waals surface area contributed by atoms with Gasteiger partial charge in [0.15, 0.2) is 0 Å². The molecule has 0 heterocycles. The molecule has 1 rings (SSSR count). The Morgan fingerprint density at radius 2 is 2.30 bits per heavy atom. The van der Waals surface area contributed by atoms with Gasteiger partial charge in [-0.2, -0.15) is 5.26 Å². The van der Waals surface area contributed by atoms with Gasteiger partial charge >= 0.3 is 0 Å². The van der Waals surface area contributed by atoms with Crippen LogP contribution in [0.3, 0.4) is 0 Å². The highest BCUT2D eigenvalue weighted by atomic mass is 16.1. The second-order valence-corrected chi connectivity index (χ2v) is 2.97. The van der Waals surface area contributed by atoms with Crippen molar-refractivity contribution in [1.82, 2.24) is 0 Å². The standard InChI is InChI=1S/C8H11NO/c1-2-3-8(4-5-8)7(10)6-9/h2-5H2,1H3. The zero-order chi connectivity index (χ0) is 7.61. The molecule has 0 aromatic carbocycles. The van der Waals surface area contributed by atoms with E-state index in [1.165, 1.54) is 0 Å². The molecule has 0 bridgehead atoms. The van der Waals surface area contributed by atoms with Gasteiger partial charge in [0, 0.05) is 5.41 Å². The number of nitriles is 1. The van der Waals surface area contributed by atoms with Crippen molar-refractivity contribution in [1.29, 1.82) is 5.26 Å². The predicted molar refractivity (Wildman–Crippen MR) is 37.2 cm³/mol. The fraction of sp³-hybridized carbons (Fsp3) is 0.750. The van der Waals surface area contributed by atoms with Crippen LogP contribution < -0.4 is 0 Å². The van der Waals surface area contributed by atoms with Crippen molar-refractivity contribution in [3.05, 3.63) is 0 Å². The molecule has 10 heavy (non-hydrogen) atoms. The summed E-state index contributed by atoms with van der Waals surface area (Å²) in [5, 5.41) is 8.34. The van der Waals surface area contributed by atoms with Crippen LogP contribution >= 0.6 is 0 Å². The Labute approximate surface area is 60.8 Å². The molecule has 2 nitrogen and oxygen atoms in total. The van der Waals surface area contributed by atoms with Gasteiger partial charge in [-0.25, -0.2) is 0 Å². The highest BCUT2D eigenvalue weighted by Gasteiger charge is 2.48. The molecule has 0 atom stereocenters. The van der Waals surface area contributed by atoms with Gasteiger partial charge in [0.2, 0.25) is 5.78 Å². The lowest BCUT2D eigenvalue weighted by atomic mass is 9.96. The summed E-state index contributed by atoms with van der Waals surface area (Å²) >= 11 is 0. The van der Waals surface area contributed by atoms with E-state index in [1.54, 1.807) is 6.07 Å². The Morgan fingerprint density at radius 1 is 1.70 bits per heavy atom. The molecule has 1 fully saturated rings. The third kappa shape index (κ3) is 1.04. The molecule has 0 aromatic rings. The summed E-state index contributed by atoms with van der Waals surface area (Å²) < 4.78 is 0. The summed E-state index contributed by atoms with van der Waals surface area (Å²) in [6, 6.07) is 1.71. The van der Waals surface area contributed by atoms with E-state index < -0.39 is 0 Å². The Balaban J connectivity index is 2.54. The van der Waals surface area contributed by atoms with Crippen LogP contribution in [0, 0.1) is 16.7 Å². The summed E-state index contributed by atoms with van der Waals surface area (Å²) in [6.45, 7) is 2.05. The molecule has 1 aliphatic carbocycles. The molecule has 0 unspecified atom stereocenters. The van der Waals surface area contributed by atoms with E-state index in [9.17, 15) is 4.79 Å². The fourth-order valence-electron chi connectivity index (χ4n) is 1.34. The monoisotopic (exact) mass is 137 g/mol. The van der Waals surface area contributed by atoms with Crippen molar-refractivity contribution in [2.45, 2.75) is 32.6 Å². The molecule has 0 radical (unpaired) electrons. The third-order valence-electron chi connectivity index (χ3n) is 2.17. The Morgan fingerprint density at radius 3 is 2.60 bits per heavy atom. The maximum atomic E-state index is 10.9. The largest absolute Gasteiger partial charge is 0.282 e. The molecule has 1 saturated carbocycles. The summed E-state index contributed by atoms with van der Waals surface area (Å²) in [6.07, 6.45) is 3.78. The van der Waals surface area contributed by atoms with Crippen LogP contribution in [-0.4, -0.2) is 5.78 Å². The lowest BCUT2D eigenvalue weighted by Crippen LogP contribution is -2.12. The minimum atomic E-state index is -0.200. The molecule has 0 N–H and O–H groups in total. The second kappa shape index (κ2) is 2.42. The van der Waals surface area contributed by atoms with Gasteiger partial charge in [-0.05, 0) is 19.3 Å². The number of hydrogen-bond donors (Lipinski definition) is 0. The number of Topliss-reactive ketones (excluding diaryl/α,β-unsaturated/α-hetero) is 1. The minimum Gasteiger partial charge on any atom is -0.282 e. The van der Waals surface area contributed by atoms with Gasteiger partial charge in [0.25, 0.3) is 0 Å². The van der Waals surface area contributed by atoms with Crippen molar-refractivity contribution >= 4 is 5.78 Å². The summed E-state index contributed by atoms with van der Waals surface area (Å²) in [4.78, 5) is 10.9. The average Bonchev–Trinajstić information content (AvgIpc) is 2.69. The lowest BCUT2D eigenvalue weighted by molar-refractivity contribution is -0.119. The number of carbonyl (C=O) groups is 1. The minimum absolute atomic E-state index is 0.191.